The Morgan fingerprint density at radius 3 is 2.72 bits per heavy atom. The van der Waals surface area contributed by atoms with E-state index in [4.69, 9.17) is 16.0 Å². The number of rotatable bonds is 2. The molecule has 4 heteroatoms. The quantitative estimate of drug-likeness (QED) is 0.837. The fourth-order valence-corrected chi connectivity index (χ4v) is 2.90. The second kappa shape index (κ2) is 4.75. The Kier molecular flexibility index (Phi) is 3.10. The molecule has 94 valence electrons. The molecule has 2 aromatic rings. The third kappa shape index (κ3) is 2.04. The number of likely N-dealkylation sites (tertiary alicyclic amines) is 1. The molecule has 1 aromatic heterocycles. The van der Waals surface area contributed by atoms with Gasteiger partial charge in [-0.2, -0.15) is 0 Å². The van der Waals surface area contributed by atoms with Crippen LogP contribution in [0.2, 0.25) is 5.02 Å². The van der Waals surface area contributed by atoms with Gasteiger partial charge in [0.15, 0.2) is 0 Å². The second-order valence-electron chi connectivity index (χ2n) is 4.81. The maximum Gasteiger partial charge on any atom is 0.346 e. The predicted octanol–water partition coefficient (Wildman–Crippen LogP) is 1.63. The minimum atomic E-state index is -0.293. The van der Waals surface area contributed by atoms with Crippen LogP contribution in [0.3, 0.4) is 0 Å². The molecular formula is C14H15ClNO2+. The van der Waals surface area contributed by atoms with Gasteiger partial charge in [0.25, 0.3) is 0 Å². The first-order chi connectivity index (χ1) is 8.75. The molecule has 2 heterocycles. The topological polar surface area (TPSA) is 34.6 Å². The van der Waals surface area contributed by atoms with Crippen molar-refractivity contribution in [2.75, 3.05) is 13.1 Å². The average molecular weight is 265 g/mol. The molecule has 0 unspecified atom stereocenters. The Morgan fingerprint density at radius 2 is 1.94 bits per heavy atom. The van der Waals surface area contributed by atoms with Crippen molar-refractivity contribution in [3.05, 3.63) is 45.3 Å². The zero-order chi connectivity index (χ0) is 12.5. The summed E-state index contributed by atoms with van der Waals surface area (Å²) in [4.78, 5) is 13.4. The van der Waals surface area contributed by atoms with E-state index in [1.165, 1.54) is 17.7 Å². The number of hydrogen-bond donors (Lipinski definition) is 1. The fourth-order valence-electron chi connectivity index (χ4n) is 2.60. The molecule has 18 heavy (non-hydrogen) atoms. The molecule has 0 radical (unpaired) electrons. The number of halogens is 1. The van der Waals surface area contributed by atoms with Crippen molar-refractivity contribution in [1.82, 2.24) is 0 Å². The lowest BCUT2D eigenvalue weighted by Crippen LogP contribution is -3.08. The van der Waals surface area contributed by atoms with Crippen molar-refractivity contribution >= 4 is 22.6 Å². The molecule has 1 aliphatic rings. The Labute approximate surface area is 110 Å². The van der Waals surface area contributed by atoms with Crippen LogP contribution in [-0.2, 0) is 6.54 Å². The number of fused-ring (bicyclic) bond motifs is 1. The van der Waals surface area contributed by atoms with E-state index in [0.29, 0.717) is 22.7 Å². The number of hydrogen-bond acceptors (Lipinski definition) is 2. The third-order valence-corrected chi connectivity index (χ3v) is 4.01. The number of para-hydroxylation sites is 1. The van der Waals surface area contributed by atoms with Gasteiger partial charge in [0, 0.05) is 18.2 Å². The third-order valence-electron chi connectivity index (χ3n) is 3.57. The van der Waals surface area contributed by atoms with E-state index in [2.05, 4.69) is 0 Å². The van der Waals surface area contributed by atoms with Crippen LogP contribution >= 0.6 is 11.6 Å². The van der Waals surface area contributed by atoms with Gasteiger partial charge in [-0.15, -0.1) is 0 Å². The van der Waals surface area contributed by atoms with Crippen LogP contribution in [0.15, 0.2) is 33.5 Å². The van der Waals surface area contributed by atoms with Gasteiger partial charge in [0.2, 0.25) is 0 Å². The maximum absolute atomic E-state index is 12.0. The summed E-state index contributed by atoms with van der Waals surface area (Å²) in [6, 6.07) is 7.41. The van der Waals surface area contributed by atoms with Crippen molar-refractivity contribution in [3.8, 4) is 0 Å². The van der Waals surface area contributed by atoms with Crippen molar-refractivity contribution in [2.45, 2.75) is 19.4 Å². The van der Waals surface area contributed by atoms with Crippen LogP contribution in [0.5, 0.6) is 0 Å². The van der Waals surface area contributed by atoms with E-state index >= 15 is 0 Å². The molecule has 0 saturated carbocycles. The second-order valence-corrected chi connectivity index (χ2v) is 5.19. The van der Waals surface area contributed by atoms with Gasteiger partial charge in [0.1, 0.15) is 17.7 Å². The minimum absolute atomic E-state index is 0.293. The summed E-state index contributed by atoms with van der Waals surface area (Å²) in [7, 11) is 0. The first-order valence-corrected chi connectivity index (χ1v) is 6.67. The van der Waals surface area contributed by atoms with Gasteiger partial charge in [-0.25, -0.2) is 4.79 Å². The smallest absolute Gasteiger partial charge is 0.346 e. The number of benzene rings is 1. The summed E-state index contributed by atoms with van der Waals surface area (Å²) in [5.41, 5.74) is 0.887. The van der Waals surface area contributed by atoms with Crippen molar-refractivity contribution in [2.24, 2.45) is 0 Å². The average Bonchev–Trinajstić information content (AvgIpc) is 2.87. The summed E-state index contributed by atoms with van der Waals surface area (Å²) >= 11 is 6.35. The zero-order valence-electron chi connectivity index (χ0n) is 10.0. The minimum Gasteiger partial charge on any atom is -0.422 e. The first-order valence-electron chi connectivity index (χ1n) is 6.29. The summed E-state index contributed by atoms with van der Waals surface area (Å²) in [6.45, 7) is 2.90. The van der Waals surface area contributed by atoms with Crippen LogP contribution in [0.4, 0.5) is 0 Å². The standard InChI is InChI=1S/C14H14ClNO2/c15-13-10-5-1-2-6-12(10)18-14(17)11(13)9-16-7-3-4-8-16/h1-2,5-6H,3-4,7-9H2/p+1. The molecule has 1 saturated heterocycles. The normalized spacial score (nSPS) is 16.5. The summed E-state index contributed by atoms with van der Waals surface area (Å²) in [6.07, 6.45) is 2.46. The van der Waals surface area contributed by atoms with Crippen molar-refractivity contribution < 1.29 is 9.32 Å². The molecule has 3 nitrogen and oxygen atoms in total. The Balaban J connectivity index is 2.07. The SMILES string of the molecule is O=c1oc2ccccc2c(Cl)c1C[NH+]1CCCC1. The van der Waals surface area contributed by atoms with Crippen LogP contribution in [0.25, 0.3) is 11.0 Å². The molecule has 1 fully saturated rings. The summed E-state index contributed by atoms with van der Waals surface area (Å²) < 4.78 is 5.33. The number of quaternary nitrogens is 1. The summed E-state index contributed by atoms with van der Waals surface area (Å²) in [5, 5.41) is 1.38. The molecule has 0 spiro atoms. The van der Waals surface area contributed by atoms with Gasteiger partial charge < -0.3 is 9.32 Å². The lowest BCUT2D eigenvalue weighted by molar-refractivity contribution is -0.901. The van der Waals surface area contributed by atoms with Gasteiger partial charge in [-0.05, 0) is 12.1 Å². The van der Waals surface area contributed by atoms with Gasteiger partial charge in [0.05, 0.1) is 18.1 Å². The molecule has 0 aliphatic carbocycles. The highest BCUT2D eigenvalue weighted by Gasteiger charge is 2.21. The molecule has 0 amide bonds. The summed E-state index contributed by atoms with van der Waals surface area (Å²) in [5.74, 6) is 0. The molecular weight excluding hydrogens is 250 g/mol. The monoisotopic (exact) mass is 264 g/mol. The van der Waals surface area contributed by atoms with Gasteiger partial charge >= 0.3 is 5.63 Å². The number of nitrogens with one attached hydrogen (secondary N) is 1. The van der Waals surface area contributed by atoms with E-state index in [1.54, 1.807) is 6.07 Å². The maximum atomic E-state index is 12.0. The van der Waals surface area contributed by atoms with Crippen LogP contribution in [0.1, 0.15) is 18.4 Å². The lowest BCUT2D eigenvalue weighted by atomic mass is 10.2. The highest BCUT2D eigenvalue weighted by Crippen LogP contribution is 2.24. The van der Waals surface area contributed by atoms with Crippen LogP contribution in [0, 0.1) is 0 Å². The Bertz CT molecular complexity index is 629. The lowest BCUT2D eigenvalue weighted by Gasteiger charge is -2.12. The molecule has 1 aliphatic heterocycles. The van der Waals surface area contributed by atoms with E-state index < -0.39 is 0 Å². The van der Waals surface area contributed by atoms with E-state index in [0.717, 1.165) is 18.5 Å². The van der Waals surface area contributed by atoms with Crippen LogP contribution < -0.4 is 10.5 Å². The predicted molar refractivity (Wildman–Crippen MR) is 71.1 cm³/mol. The molecule has 3 rings (SSSR count). The van der Waals surface area contributed by atoms with Crippen LogP contribution in [-0.4, -0.2) is 13.1 Å². The van der Waals surface area contributed by atoms with Gasteiger partial charge in [-0.1, -0.05) is 23.7 Å². The Hall–Kier alpha value is -1.32. The fraction of sp³-hybridized carbons (Fsp3) is 0.357. The van der Waals surface area contributed by atoms with Crippen molar-refractivity contribution in [1.29, 1.82) is 0 Å². The highest BCUT2D eigenvalue weighted by atomic mass is 35.5. The van der Waals surface area contributed by atoms with Gasteiger partial charge in [-0.3, -0.25) is 0 Å². The van der Waals surface area contributed by atoms with Crippen molar-refractivity contribution in [3.63, 3.8) is 0 Å². The van der Waals surface area contributed by atoms with E-state index in [9.17, 15) is 4.79 Å². The molecule has 0 bridgehead atoms. The molecule has 1 N–H and O–H groups in total. The van der Waals surface area contributed by atoms with E-state index in [-0.39, 0.29) is 5.63 Å². The molecule has 0 atom stereocenters. The van der Waals surface area contributed by atoms with E-state index in [1.807, 2.05) is 18.2 Å². The Morgan fingerprint density at radius 1 is 1.22 bits per heavy atom. The largest absolute Gasteiger partial charge is 0.422 e. The first kappa shape index (κ1) is 11.8. The highest BCUT2D eigenvalue weighted by molar-refractivity contribution is 6.35. The molecule has 1 aromatic carbocycles. The zero-order valence-corrected chi connectivity index (χ0v) is 10.8.